The largest absolute Gasteiger partial charge is 0.472 e. The van der Waals surface area contributed by atoms with Gasteiger partial charge in [-0.25, -0.2) is 4.79 Å². The summed E-state index contributed by atoms with van der Waals surface area (Å²) in [5.74, 6) is -1.64. The van der Waals surface area contributed by atoms with Gasteiger partial charge >= 0.3 is 5.97 Å². The molecular weight excluding hydrogens is 464 g/mol. The maximum absolute atomic E-state index is 12.5. The lowest BCUT2D eigenvalue weighted by Gasteiger charge is -2.43. The van der Waals surface area contributed by atoms with Crippen molar-refractivity contribution in [2.24, 2.45) is 11.8 Å². The van der Waals surface area contributed by atoms with E-state index < -0.39 is 85.8 Å². The van der Waals surface area contributed by atoms with Gasteiger partial charge in [0.05, 0.1) is 25.4 Å². The fraction of sp³-hybridized carbons (Fsp3) is 0.542. The maximum atomic E-state index is 12.5. The second-order valence-electron chi connectivity index (χ2n) is 9.07. The Kier molecular flexibility index (Phi) is 6.68. The molecule has 5 N–H and O–H groups in total. The van der Waals surface area contributed by atoms with Gasteiger partial charge in [-0.05, 0) is 17.7 Å². The topological polar surface area (TPSA) is 168 Å². The quantitative estimate of drug-likeness (QED) is 0.174. The molecule has 4 aliphatic rings. The Morgan fingerprint density at radius 1 is 1.06 bits per heavy atom. The number of rotatable bonds is 7. The van der Waals surface area contributed by atoms with Crippen LogP contribution in [0.1, 0.15) is 5.56 Å². The highest BCUT2D eigenvalue weighted by atomic mass is 16.8. The van der Waals surface area contributed by atoms with E-state index in [1.54, 1.807) is 12.2 Å². The van der Waals surface area contributed by atoms with Crippen molar-refractivity contribution in [3.8, 4) is 0 Å². The summed E-state index contributed by atoms with van der Waals surface area (Å²) in [7, 11) is 0. The van der Waals surface area contributed by atoms with E-state index >= 15 is 0 Å². The Balaban J connectivity index is 1.31. The SMILES string of the molecule is O=C(/C=C/c1ccccc1)O[C@@H]1[C@H]2C=CO[C@H](O[C@@H]3O[C@H](CO)[C@@H](O)[C@H](O)[C@H]3O)[C@H]2[C@]2(CO)O[C@H]12. The van der Waals surface area contributed by atoms with Crippen LogP contribution in [-0.4, -0.2) is 99.5 Å². The molecule has 3 aliphatic heterocycles. The van der Waals surface area contributed by atoms with Gasteiger partial charge in [0.1, 0.15) is 42.2 Å². The van der Waals surface area contributed by atoms with Crippen LogP contribution in [-0.2, 0) is 28.5 Å². The van der Waals surface area contributed by atoms with E-state index in [2.05, 4.69) is 0 Å². The Morgan fingerprint density at radius 3 is 2.54 bits per heavy atom. The van der Waals surface area contributed by atoms with Gasteiger partial charge < -0.3 is 49.2 Å². The number of aliphatic hydroxyl groups is 5. The number of aliphatic hydroxyl groups excluding tert-OH is 5. The molecule has 0 bridgehead atoms. The van der Waals surface area contributed by atoms with Crippen LogP contribution < -0.4 is 0 Å². The zero-order valence-electron chi connectivity index (χ0n) is 18.6. The Labute approximate surface area is 200 Å². The standard InChI is InChI=1S/C24H28O11/c25-10-14-17(28)18(29)19(30)23(32-14)34-22-16-13(8-9-31-22)20(21-24(16,11-26)35-21)33-15(27)7-6-12-4-2-1-3-5-12/h1-9,13-14,16-23,25-26,28-30H,10-11H2/b7-6+/t13-,14+,16-,17+,18-,19+,20+,21+,22+,23-,24-/m0/s1. The lowest BCUT2D eigenvalue weighted by Crippen LogP contribution is -2.60. The van der Waals surface area contributed by atoms with Crippen molar-refractivity contribution >= 4 is 12.0 Å². The summed E-state index contributed by atoms with van der Waals surface area (Å²) in [6.07, 6.45) is -3.78. The van der Waals surface area contributed by atoms with E-state index in [-0.39, 0.29) is 0 Å². The third kappa shape index (κ3) is 4.28. The second-order valence-corrected chi connectivity index (χ2v) is 9.07. The van der Waals surface area contributed by atoms with Crippen molar-refractivity contribution < 1.29 is 54.0 Å². The molecule has 3 fully saturated rings. The fourth-order valence-corrected chi connectivity index (χ4v) is 5.19. The first kappa shape index (κ1) is 24.3. The lowest BCUT2D eigenvalue weighted by atomic mass is 9.85. The highest BCUT2D eigenvalue weighted by molar-refractivity contribution is 5.87. The third-order valence-corrected chi connectivity index (χ3v) is 7.06. The molecule has 3 heterocycles. The average molecular weight is 492 g/mol. The van der Waals surface area contributed by atoms with Gasteiger partial charge in [-0.15, -0.1) is 0 Å². The predicted molar refractivity (Wildman–Crippen MR) is 116 cm³/mol. The van der Waals surface area contributed by atoms with Crippen LogP contribution in [0.15, 0.2) is 48.7 Å². The maximum Gasteiger partial charge on any atom is 0.331 e. The van der Waals surface area contributed by atoms with Crippen LogP contribution in [0.2, 0.25) is 0 Å². The number of carbonyl (C=O) groups excluding carboxylic acids is 1. The number of carbonyl (C=O) groups is 1. The van der Waals surface area contributed by atoms with Gasteiger partial charge in [-0.2, -0.15) is 0 Å². The number of benzene rings is 1. The van der Waals surface area contributed by atoms with Gasteiger partial charge in [0, 0.05) is 12.0 Å². The van der Waals surface area contributed by atoms with Crippen molar-refractivity contribution in [3.05, 3.63) is 54.3 Å². The molecule has 0 spiro atoms. The van der Waals surface area contributed by atoms with E-state index in [4.69, 9.17) is 23.7 Å². The van der Waals surface area contributed by atoms with Crippen molar-refractivity contribution in [1.29, 1.82) is 0 Å². The zero-order chi connectivity index (χ0) is 24.7. The highest BCUT2D eigenvalue weighted by Crippen LogP contribution is 2.60. The molecule has 0 amide bonds. The van der Waals surface area contributed by atoms with Crippen molar-refractivity contribution in [3.63, 3.8) is 0 Å². The fourth-order valence-electron chi connectivity index (χ4n) is 5.19. The number of hydrogen-bond donors (Lipinski definition) is 5. The molecule has 5 rings (SSSR count). The number of fused-ring (bicyclic) bond motifs is 3. The molecule has 11 nitrogen and oxygen atoms in total. The summed E-state index contributed by atoms with van der Waals surface area (Å²) >= 11 is 0. The Bertz CT molecular complexity index is 965. The van der Waals surface area contributed by atoms with Crippen LogP contribution in [0.5, 0.6) is 0 Å². The molecule has 35 heavy (non-hydrogen) atoms. The van der Waals surface area contributed by atoms with Gasteiger partial charge in [-0.3, -0.25) is 0 Å². The summed E-state index contributed by atoms with van der Waals surface area (Å²) in [6, 6.07) is 9.26. The van der Waals surface area contributed by atoms with Crippen LogP contribution in [0.25, 0.3) is 6.08 Å². The Hall–Kier alpha value is -2.35. The van der Waals surface area contributed by atoms with Gasteiger partial charge in [-0.1, -0.05) is 30.3 Å². The van der Waals surface area contributed by atoms with Gasteiger partial charge in [0.15, 0.2) is 6.29 Å². The number of hydrogen-bond acceptors (Lipinski definition) is 11. The van der Waals surface area contributed by atoms with E-state index in [0.29, 0.717) is 0 Å². The number of ether oxygens (including phenoxy) is 5. The molecule has 0 aromatic heterocycles. The smallest absolute Gasteiger partial charge is 0.331 e. The van der Waals surface area contributed by atoms with Gasteiger partial charge in [0.2, 0.25) is 6.29 Å². The molecule has 1 aliphatic carbocycles. The molecule has 0 unspecified atom stereocenters. The number of esters is 1. The first-order valence-electron chi connectivity index (χ1n) is 11.4. The van der Waals surface area contributed by atoms with E-state index in [1.807, 2.05) is 30.3 Å². The van der Waals surface area contributed by atoms with E-state index in [0.717, 1.165) is 5.56 Å². The minimum atomic E-state index is -1.63. The molecule has 0 radical (unpaired) electrons. The summed E-state index contributed by atoms with van der Waals surface area (Å²) < 4.78 is 28.3. The van der Waals surface area contributed by atoms with Crippen LogP contribution >= 0.6 is 0 Å². The first-order valence-corrected chi connectivity index (χ1v) is 11.4. The van der Waals surface area contributed by atoms with Crippen LogP contribution in [0.4, 0.5) is 0 Å². The predicted octanol–water partition coefficient (Wildman–Crippen LogP) is -1.33. The number of epoxide rings is 1. The molecule has 2 saturated heterocycles. The monoisotopic (exact) mass is 492 g/mol. The molecule has 11 heteroatoms. The van der Waals surface area contributed by atoms with Crippen LogP contribution in [0, 0.1) is 11.8 Å². The Morgan fingerprint density at radius 2 is 1.83 bits per heavy atom. The highest BCUT2D eigenvalue weighted by Gasteiger charge is 2.77. The summed E-state index contributed by atoms with van der Waals surface area (Å²) in [5.41, 5.74) is -0.262. The van der Waals surface area contributed by atoms with E-state index in [1.165, 1.54) is 12.3 Å². The van der Waals surface area contributed by atoms with Crippen molar-refractivity contribution in [2.45, 2.75) is 54.8 Å². The van der Waals surface area contributed by atoms with Gasteiger partial charge in [0.25, 0.3) is 0 Å². The summed E-state index contributed by atoms with van der Waals surface area (Å²) in [4.78, 5) is 12.5. The summed E-state index contributed by atoms with van der Waals surface area (Å²) in [6.45, 7) is -0.999. The second kappa shape index (κ2) is 9.60. The normalized spacial score (nSPS) is 43.9. The van der Waals surface area contributed by atoms with Crippen LogP contribution in [0.3, 0.4) is 0 Å². The minimum absolute atomic E-state index is 0.390. The minimum Gasteiger partial charge on any atom is -0.472 e. The van der Waals surface area contributed by atoms with Crippen molar-refractivity contribution in [1.82, 2.24) is 0 Å². The molecule has 1 aromatic rings. The molecule has 1 aromatic carbocycles. The average Bonchev–Trinajstić information content (AvgIpc) is 3.56. The molecule has 1 saturated carbocycles. The first-order chi connectivity index (χ1) is 16.9. The van der Waals surface area contributed by atoms with Crippen molar-refractivity contribution in [2.75, 3.05) is 13.2 Å². The third-order valence-electron chi connectivity index (χ3n) is 7.06. The molecule has 190 valence electrons. The lowest BCUT2D eigenvalue weighted by molar-refractivity contribution is -0.344. The molecule has 11 atom stereocenters. The molecular formula is C24H28O11. The van der Waals surface area contributed by atoms with E-state index in [9.17, 15) is 30.3 Å². The summed E-state index contributed by atoms with van der Waals surface area (Å²) in [5, 5.41) is 50.0. The zero-order valence-corrected chi connectivity index (χ0v) is 18.6.